The van der Waals surface area contributed by atoms with Crippen molar-refractivity contribution < 1.29 is 9.13 Å². The van der Waals surface area contributed by atoms with Crippen molar-refractivity contribution in [1.29, 1.82) is 0 Å². The Morgan fingerprint density at radius 1 is 1.10 bits per heavy atom. The van der Waals surface area contributed by atoms with Crippen molar-refractivity contribution in [2.24, 2.45) is 5.73 Å². The summed E-state index contributed by atoms with van der Waals surface area (Å²) in [4.78, 5) is 0. The number of nitrogens with two attached hydrogens (primary N) is 1. The minimum absolute atomic E-state index is 0.285. The molecule has 0 radical (unpaired) electrons. The van der Waals surface area contributed by atoms with Gasteiger partial charge in [0.25, 0.3) is 0 Å². The molecule has 106 valence electrons. The molecule has 0 aromatic heterocycles. The molecule has 2 aromatic carbocycles. The first-order valence-electron chi connectivity index (χ1n) is 6.38. The van der Waals surface area contributed by atoms with Crippen molar-refractivity contribution >= 4 is 11.6 Å². The Bertz CT molecular complexity index is 641. The second kappa shape index (κ2) is 5.81. The Morgan fingerprint density at radius 3 is 2.45 bits per heavy atom. The molecule has 0 amide bonds. The van der Waals surface area contributed by atoms with Gasteiger partial charge in [0.05, 0.1) is 0 Å². The van der Waals surface area contributed by atoms with Gasteiger partial charge in [0, 0.05) is 16.6 Å². The fourth-order valence-electron chi connectivity index (χ4n) is 1.92. The van der Waals surface area contributed by atoms with E-state index in [4.69, 9.17) is 22.1 Å². The minimum atomic E-state index is -0.320. The molecule has 2 rings (SSSR count). The molecule has 1 unspecified atom stereocenters. The second-order valence-corrected chi connectivity index (χ2v) is 5.38. The number of ether oxygens (including phenoxy) is 1. The molecule has 0 heterocycles. The van der Waals surface area contributed by atoms with Crippen LogP contribution in [-0.4, -0.2) is 0 Å². The van der Waals surface area contributed by atoms with Gasteiger partial charge >= 0.3 is 0 Å². The van der Waals surface area contributed by atoms with Gasteiger partial charge < -0.3 is 10.5 Å². The molecule has 0 bridgehead atoms. The van der Waals surface area contributed by atoms with Crippen LogP contribution in [0, 0.1) is 19.7 Å². The summed E-state index contributed by atoms with van der Waals surface area (Å²) in [5, 5.41) is 0.590. The van der Waals surface area contributed by atoms with Crippen molar-refractivity contribution in [3.05, 3.63) is 57.9 Å². The van der Waals surface area contributed by atoms with Crippen molar-refractivity contribution in [2.75, 3.05) is 0 Å². The zero-order chi connectivity index (χ0) is 14.9. The van der Waals surface area contributed by atoms with E-state index < -0.39 is 0 Å². The lowest BCUT2D eigenvalue weighted by Crippen LogP contribution is -2.08. The molecule has 0 aliphatic carbocycles. The van der Waals surface area contributed by atoms with E-state index in [1.54, 1.807) is 32.0 Å². The zero-order valence-electron chi connectivity index (χ0n) is 11.7. The summed E-state index contributed by atoms with van der Waals surface area (Å²) in [6.07, 6.45) is 0. The molecule has 2 N–H and O–H groups in total. The van der Waals surface area contributed by atoms with E-state index in [1.807, 2.05) is 13.0 Å². The number of rotatable bonds is 3. The summed E-state index contributed by atoms with van der Waals surface area (Å²) < 4.78 is 19.6. The number of hydrogen-bond donors (Lipinski definition) is 1. The summed E-state index contributed by atoms with van der Waals surface area (Å²) in [6.45, 7) is 5.41. The predicted octanol–water partition coefficient (Wildman–Crippen LogP) is 4.91. The van der Waals surface area contributed by atoms with Crippen molar-refractivity contribution in [3.63, 3.8) is 0 Å². The summed E-state index contributed by atoms with van der Waals surface area (Å²) in [5.74, 6) is 0.919. The summed E-state index contributed by atoms with van der Waals surface area (Å²) >= 11 is 5.98. The summed E-state index contributed by atoms with van der Waals surface area (Å²) in [7, 11) is 0. The van der Waals surface area contributed by atoms with Gasteiger partial charge in [-0.25, -0.2) is 4.39 Å². The molecular formula is C16H17ClFNO. The van der Waals surface area contributed by atoms with E-state index in [0.29, 0.717) is 27.6 Å². The topological polar surface area (TPSA) is 35.2 Å². The molecule has 0 aliphatic heterocycles. The number of halogens is 2. The van der Waals surface area contributed by atoms with Gasteiger partial charge in [0.2, 0.25) is 0 Å². The molecule has 2 aromatic rings. The van der Waals surface area contributed by atoms with Crippen LogP contribution in [0.1, 0.15) is 29.7 Å². The molecule has 0 aliphatic rings. The molecule has 0 fully saturated rings. The SMILES string of the molecule is Cc1cc(Oc2cc(Cl)ccc2C)c(C(C)N)cc1F. The van der Waals surface area contributed by atoms with Gasteiger partial charge in [-0.2, -0.15) is 0 Å². The lowest BCUT2D eigenvalue weighted by atomic mass is 10.0. The summed E-state index contributed by atoms with van der Waals surface area (Å²) in [6, 6.07) is 8.18. The van der Waals surface area contributed by atoms with Crippen LogP contribution in [0.15, 0.2) is 30.3 Å². The Kier molecular flexibility index (Phi) is 4.31. The van der Waals surface area contributed by atoms with E-state index in [-0.39, 0.29) is 11.9 Å². The smallest absolute Gasteiger partial charge is 0.132 e. The lowest BCUT2D eigenvalue weighted by Gasteiger charge is -2.16. The third kappa shape index (κ3) is 3.11. The maximum Gasteiger partial charge on any atom is 0.132 e. The van der Waals surface area contributed by atoms with Gasteiger partial charge in [0.15, 0.2) is 0 Å². The van der Waals surface area contributed by atoms with E-state index in [1.165, 1.54) is 6.07 Å². The van der Waals surface area contributed by atoms with Crippen molar-refractivity contribution in [1.82, 2.24) is 0 Å². The van der Waals surface area contributed by atoms with E-state index in [9.17, 15) is 4.39 Å². The van der Waals surface area contributed by atoms with Crippen LogP contribution in [-0.2, 0) is 0 Å². The first-order chi connectivity index (χ1) is 9.38. The molecule has 20 heavy (non-hydrogen) atoms. The Balaban J connectivity index is 2.47. The van der Waals surface area contributed by atoms with Crippen LogP contribution >= 0.6 is 11.6 Å². The first-order valence-corrected chi connectivity index (χ1v) is 6.76. The van der Waals surface area contributed by atoms with Crippen LogP contribution in [0.2, 0.25) is 5.02 Å². The van der Waals surface area contributed by atoms with Gasteiger partial charge in [-0.15, -0.1) is 0 Å². The van der Waals surface area contributed by atoms with Gasteiger partial charge in [-0.3, -0.25) is 0 Å². The zero-order valence-corrected chi connectivity index (χ0v) is 12.5. The standard InChI is InChI=1S/C16H17ClFNO/c1-9-4-5-12(17)7-15(9)20-16-6-10(2)14(18)8-13(16)11(3)19/h4-8,11H,19H2,1-3H3. The van der Waals surface area contributed by atoms with Gasteiger partial charge in [-0.05, 0) is 56.2 Å². The van der Waals surface area contributed by atoms with E-state index >= 15 is 0 Å². The highest BCUT2D eigenvalue weighted by Gasteiger charge is 2.14. The average molecular weight is 294 g/mol. The molecule has 0 saturated heterocycles. The van der Waals surface area contributed by atoms with Crippen molar-refractivity contribution in [2.45, 2.75) is 26.8 Å². The maximum atomic E-state index is 13.7. The minimum Gasteiger partial charge on any atom is -0.457 e. The molecule has 4 heteroatoms. The molecule has 1 atom stereocenters. The quantitative estimate of drug-likeness (QED) is 0.873. The predicted molar refractivity (Wildman–Crippen MR) is 80.0 cm³/mol. The van der Waals surface area contributed by atoms with Crippen molar-refractivity contribution in [3.8, 4) is 11.5 Å². The molecule has 2 nitrogen and oxygen atoms in total. The highest BCUT2D eigenvalue weighted by Crippen LogP contribution is 2.33. The van der Waals surface area contributed by atoms with Crippen LogP contribution in [0.5, 0.6) is 11.5 Å². The fraction of sp³-hybridized carbons (Fsp3) is 0.250. The third-order valence-corrected chi connectivity index (χ3v) is 3.39. The van der Waals surface area contributed by atoms with Gasteiger partial charge in [0.1, 0.15) is 17.3 Å². The highest BCUT2D eigenvalue weighted by atomic mass is 35.5. The van der Waals surface area contributed by atoms with Gasteiger partial charge in [-0.1, -0.05) is 17.7 Å². The third-order valence-electron chi connectivity index (χ3n) is 3.15. The first kappa shape index (κ1) is 14.8. The average Bonchev–Trinajstić information content (AvgIpc) is 2.37. The highest BCUT2D eigenvalue weighted by molar-refractivity contribution is 6.30. The molecule has 0 spiro atoms. The normalized spacial score (nSPS) is 12.3. The maximum absolute atomic E-state index is 13.7. The fourth-order valence-corrected chi connectivity index (χ4v) is 2.08. The Morgan fingerprint density at radius 2 is 1.80 bits per heavy atom. The molecular weight excluding hydrogens is 277 g/mol. The number of aryl methyl sites for hydroxylation is 2. The molecule has 0 saturated carbocycles. The lowest BCUT2D eigenvalue weighted by molar-refractivity contribution is 0.465. The van der Waals surface area contributed by atoms with E-state index in [2.05, 4.69) is 0 Å². The monoisotopic (exact) mass is 293 g/mol. The summed E-state index contributed by atoms with van der Waals surface area (Å²) in [5.41, 5.74) is 7.98. The largest absolute Gasteiger partial charge is 0.457 e. The van der Waals surface area contributed by atoms with E-state index in [0.717, 1.165) is 5.56 Å². The number of benzene rings is 2. The second-order valence-electron chi connectivity index (χ2n) is 4.94. The Labute approximate surface area is 123 Å². The number of hydrogen-bond acceptors (Lipinski definition) is 2. The Hall–Kier alpha value is -1.58. The van der Waals surface area contributed by atoms with Crippen LogP contribution in [0.4, 0.5) is 4.39 Å². The van der Waals surface area contributed by atoms with Crippen LogP contribution in [0.25, 0.3) is 0 Å². The van der Waals surface area contributed by atoms with Crippen LogP contribution in [0.3, 0.4) is 0 Å². The van der Waals surface area contributed by atoms with Crippen LogP contribution < -0.4 is 10.5 Å².